The van der Waals surface area contributed by atoms with Gasteiger partial charge in [0.2, 0.25) is 0 Å². The van der Waals surface area contributed by atoms with E-state index in [4.69, 9.17) is 16.0 Å². The van der Waals surface area contributed by atoms with Gasteiger partial charge in [0, 0.05) is 0 Å². The number of hydrogen-bond donors (Lipinski definition) is 3. The zero-order chi connectivity index (χ0) is 12.2. The predicted molar refractivity (Wildman–Crippen MR) is 70.4 cm³/mol. The van der Waals surface area contributed by atoms with Crippen LogP contribution < -0.4 is 11.5 Å². The van der Waals surface area contributed by atoms with E-state index < -0.39 is 10.1 Å². The maximum atomic E-state index is 9.79. The zero-order valence-corrected chi connectivity index (χ0v) is 10.3. The Balaban J connectivity index is -0.000000200. The summed E-state index contributed by atoms with van der Waals surface area (Å²) in [5, 5.41) is 0. The van der Waals surface area contributed by atoms with Crippen molar-refractivity contribution in [1.82, 2.24) is 0 Å². The molecule has 0 bridgehead atoms. The Morgan fingerprint density at radius 1 is 1.00 bits per heavy atom. The third kappa shape index (κ3) is 29.3. The minimum atomic E-state index is -3.67. The van der Waals surface area contributed by atoms with E-state index in [-0.39, 0.29) is 24.6 Å². The van der Waals surface area contributed by atoms with Crippen molar-refractivity contribution in [3.8, 4) is 0 Å². The van der Waals surface area contributed by atoms with Crippen LogP contribution in [0, 0.1) is 0 Å². The molecule has 0 aromatic carbocycles. The van der Waals surface area contributed by atoms with Crippen LogP contribution in [0.4, 0.5) is 0 Å². The molecule has 0 aliphatic carbocycles. The van der Waals surface area contributed by atoms with Crippen molar-refractivity contribution in [3.05, 3.63) is 0 Å². The predicted octanol–water partition coefficient (Wildman–Crippen LogP) is 0.0999. The Hall–Kier alpha value is 0.427. The average Bonchev–Trinajstić information content (AvgIpc) is 2.12. The molecule has 0 unspecified atom stereocenters. The quantitative estimate of drug-likeness (QED) is 0.336. The van der Waals surface area contributed by atoms with Crippen LogP contribution >= 0.6 is 0 Å². The van der Waals surface area contributed by atoms with Crippen LogP contribution in [0.2, 0.25) is 0 Å². The number of rotatable bonds is 7. The summed E-state index contributed by atoms with van der Waals surface area (Å²) in [4.78, 5) is 0. The van der Waals surface area contributed by atoms with E-state index in [0.29, 0.717) is 6.42 Å². The summed E-state index contributed by atoms with van der Waals surface area (Å²) < 4.78 is 27.6. The molecule has 0 fully saturated rings. The van der Waals surface area contributed by atoms with Crippen molar-refractivity contribution in [3.63, 3.8) is 0 Å². The fourth-order valence-electron chi connectivity index (χ4n) is 0.900. The molecule has 0 saturated heterocycles. The van der Waals surface area contributed by atoms with Gasteiger partial charge in [0.25, 0.3) is 10.1 Å². The third-order valence-corrected chi connectivity index (χ3v) is 2.54. The van der Waals surface area contributed by atoms with Gasteiger partial charge in [0.05, 0.1) is 5.75 Å². The molecule has 0 aromatic heterocycles. The Labute approximate surface area is 111 Å². The molecule has 0 aliphatic rings. The van der Waals surface area contributed by atoms with Gasteiger partial charge in [-0.1, -0.05) is 19.8 Å². The molecule has 0 heterocycles. The van der Waals surface area contributed by atoms with Crippen LogP contribution in [-0.4, -0.2) is 50.7 Å². The van der Waals surface area contributed by atoms with Crippen molar-refractivity contribution in [2.24, 2.45) is 11.5 Å². The summed E-state index contributed by atoms with van der Waals surface area (Å²) in [6, 6.07) is 0. The molecule has 5 nitrogen and oxygen atoms in total. The topological polar surface area (TPSA) is 106 Å². The maximum absolute atomic E-state index is 9.79. The molecular weight excluding hydrogens is 223 g/mol. The fourth-order valence-corrected chi connectivity index (χ4v) is 1.42. The molecule has 0 amide bonds. The van der Waals surface area contributed by atoms with Gasteiger partial charge in [-0.2, -0.15) is 8.42 Å². The van der Waals surface area contributed by atoms with E-state index >= 15 is 0 Å². The molecule has 16 heavy (non-hydrogen) atoms. The second kappa shape index (κ2) is 15.4. The number of hydrogen-bond acceptors (Lipinski definition) is 4. The molecule has 0 radical (unpaired) electrons. The molecule has 0 spiro atoms. The average molecular weight is 248 g/mol. The molecule has 0 atom stereocenters. The summed E-state index contributed by atoms with van der Waals surface area (Å²) in [7, 11) is -3.67. The summed E-state index contributed by atoms with van der Waals surface area (Å²) >= 11 is 0. The first-order valence-electron chi connectivity index (χ1n) is 5.33. The molecule has 96 valence electrons. The first kappa shape index (κ1) is 21.7. The van der Waals surface area contributed by atoms with Crippen LogP contribution in [0.5, 0.6) is 0 Å². The molecule has 0 aliphatic heterocycles. The number of nitrogens with two attached hydrogens (primary N) is 2. The Morgan fingerprint density at radius 2 is 1.38 bits per heavy atom. The van der Waals surface area contributed by atoms with Crippen molar-refractivity contribution < 1.29 is 13.0 Å². The van der Waals surface area contributed by atoms with Crippen LogP contribution in [0.15, 0.2) is 0 Å². The van der Waals surface area contributed by atoms with Crippen LogP contribution in [0.3, 0.4) is 0 Å². The Bertz CT molecular complexity index is 205. The van der Waals surface area contributed by atoms with Gasteiger partial charge in [-0.25, -0.2) is 0 Å². The van der Waals surface area contributed by atoms with Gasteiger partial charge in [-0.15, -0.1) is 0 Å². The fraction of sp³-hybridized carbons (Fsp3) is 1.00. The van der Waals surface area contributed by atoms with E-state index in [1.807, 2.05) is 0 Å². The van der Waals surface area contributed by atoms with E-state index in [1.54, 1.807) is 6.92 Å². The van der Waals surface area contributed by atoms with Gasteiger partial charge < -0.3 is 11.5 Å². The van der Waals surface area contributed by atoms with Crippen LogP contribution in [-0.2, 0) is 10.1 Å². The molecule has 5 N–H and O–H groups in total. The van der Waals surface area contributed by atoms with Crippen LogP contribution in [0.1, 0.15) is 39.0 Å². The molecule has 0 rings (SSSR count). The van der Waals surface area contributed by atoms with Crippen LogP contribution in [0.25, 0.3) is 0 Å². The van der Waals surface area contributed by atoms with Crippen molar-refractivity contribution >= 4 is 29.0 Å². The normalized spacial score (nSPS) is 10.0. The molecule has 0 aromatic rings. The number of unbranched alkanes of at least 4 members (excludes halogenated alkanes) is 3. The molecular formula is C9H25LiN2O3S. The summed E-state index contributed by atoms with van der Waals surface area (Å²) in [6.07, 6.45) is 5.26. The van der Waals surface area contributed by atoms with Crippen molar-refractivity contribution in [1.29, 1.82) is 0 Å². The van der Waals surface area contributed by atoms with Gasteiger partial charge in [0.15, 0.2) is 0 Å². The SMILES string of the molecule is CCCS(=O)(=O)O.NCCCCCCN.[LiH]. The Kier molecular flexibility index (Phi) is 20.9. The van der Waals surface area contributed by atoms with Gasteiger partial charge in [-0.3, -0.25) is 4.55 Å². The summed E-state index contributed by atoms with van der Waals surface area (Å²) in [6.45, 7) is 3.34. The third-order valence-electron chi connectivity index (χ3n) is 1.62. The summed E-state index contributed by atoms with van der Waals surface area (Å²) in [5.41, 5.74) is 10.6. The van der Waals surface area contributed by atoms with E-state index in [2.05, 4.69) is 0 Å². The molecule has 7 heteroatoms. The summed E-state index contributed by atoms with van der Waals surface area (Å²) in [5.74, 6) is -0.132. The minimum absolute atomic E-state index is 0. The van der Waals surface area contributed by atoms with Gasteiger partial charge in [0.1, 0.15) is 0 Å². The standard InChI is InChI=1S/C6H16N2.C3H8O3S.Li.H/c7-5-3-1-2-4-6-8;1-2-3-7(4,5)6;;/h1-8H2;2-3H2,1H3,(H,4,5,6);;. The van der Waals surface area contributed by atoms with E-state index in [9.17, 15) is 8.42 Å². The van der Waals surface area contributed by atoms with E-state index in [1.165, 1.54) is 12.8 Å². The second-order valence-electron chi connectivity index (χ2n) is 3.28. The van der Waals surface area contributed by atoms with Crippen molar-refractivity contribution in [2.45, 2.75) is 39.0 Å². The monoisotopic (exact) mass is 248 g/mol. The molecule has 0 saturated carbocycles. The first-order valence-corrected chi connectivity index (χ1v) is 6.94. The first-order chi connectivity index (χ1) is 6.97. The second-order valence-corrected chi connectivity index (χ2v) is 4.85. The van der Waals surface area contributed by atoms with Crippen molar-refractivity contribution in [2.75, 3.05) is 18.8 Å². The van der Waals surface area contributed by atoms with Gasteiger partial charge in [-0.05, 0) is 32.4 Å². The van der Waals surface area contributed by atoms with E-state index in [0.717, 1.165) is 25.9 Å². The Morgan fingerprint density at radius 3 is 1.50 bits per heavy atom. The van der Waals surface area contributed by atoms with Gasteiger partial charge >= 0.3 is 18.9 Å². The zero-order valence-electron chi connectivity index (χ0n) is 9.48.